The summed E-state index contributed by atoms with van der Waals surface area (Å²) < 4.78 is 44.5. The summed E-state index contributed by atoms with van der Waals surface area (Å²) in [5, 5.41) is 18.9. The minimum absolute atomic E-state index is 0.186. The van der Waals surface area contributed by atoms with E-state index in [1.165, 1.54) is 12.1 Å². The molecule has 3 aromatic heterocycles. The van der Waals surface area contributed by atoms with E-state index in [2.05, 4.69) is 30.7 Å². The smallest absolute Gasteiger partial charge is 0.392 e. The van der Waals surface area contributed by atoms with Crippen LogP contribution in [0.1, 0.15) is 34.4 Å². The average Bonchev–Trinajstić information content (AvgIpc) is 3.61. The zero-order valence-corrected chi connectivity index (χ0v) is 21.7. The fraction of sp³-hybridized carbons (Fsp3) is 0.179. The Morgan fingerprint density at radius 2 is 1.85 bits per heavy atom. The fourth-order valence-electron chi connectivity index (χ4n) is 4.17. The molecule has 3 heterocycles. The largest absolute Gasteiger partial charge is 0.434 e. The molecular formula is C28H25F3N8O2. The van der Waals surface area contributed by atoms with Gasteiger partial charge in [0.15, 0.2) is 5.69 Å². The Balaban J connectivity index is 1.35. The molecule has 0 fully saturated rings. The summed E-state index contributed by atoms with van der Waals surface area (Å²) in [6.07, 6.45) is 0.819. The first-order valence-electron chi connectivity index (χ1n) is 12.6. The number of anilines is 2. The summed E-state index contributed by atoms with van der Waals surface area (Å²) in [4.78, 5) is 26.0. The number of nitrogens with zero attached hydrogens (tertiary/aromatic N) is 6. The maximum Gasteiger partial charge on any atom is 0.434 e. The number of nitrogens with one attached hydrogen (secondary N) is 2. The van der Waals surface area contributed by atoms with Gasteiger partial charge in [-0.05, 0) is 42.8 Å². The van der Waals surface area contributed by atoms with Crippen molar-refractivity contribution in [2.24, 2.45) is 0 Å². The summed E-state index contributed by atoms with van der Waals surface area (Å²) in [6.45, 7) is 1.94. The molecule has 0 aliphatic carbocycles. The molecule has 0 spiro atoms. The van der Waals surface area contributed by atoms with Crippen LogP contribution in [0.4, 0.5) is 24.8 Å². The lowest BCUT2D eigenvalue weighted by atomic mass is 10.1. The Hall–Kier alpha value is -5.04. The molecular weight excluding hydrogens is 537 g/mol. The zero-order valence-electron chi connectivity index (χ0n) is 21.7. The van der Waals surface area contributed by atoms with Crippen LogP contribution in [0.3, 0.4) is 0 Å². The van der Waals surface area contributed by atoms with Crippen molar-refractivity contribution in [2.45, 2.75) is 25.6 Å². The monoisotopic (exact) mass is 562 g/mol. The quantitative estimate of drug-likeness (QED) is 0.242. The lowest BCUT2D eigenvalue weighted by Gasteiger charge is -2.13. The van der Waals surface area contributed by atoms with E-state index in [1.807, 2.05) is 6.07 Å². The van der Waals surface area contributed by atoms with Gasteiger partial charge in [0.2, 0.25) is 5.95 Å². The number of hydrogen-bond donors (Lipinski definition) is 3. The van der Waals surface area contributed by atoms with E-state index < -0.39 is 29.4 Å². The van der Waals surface area contributed by atoms with Crippen molar-refractivity contribution in [1.82, 2.24) is 29.3 Å². The molecule has 0 bridgehead atoms. The molecule has 1 atom stereocenters. The van der Waals surface area contributed by atoms with Crippen LogP contribution in [0.5, 0.6) is 0 Å². The number of rotatable bonds is 9. The molecule has 13 heteroatoms. The summed E-state index contributed by atoms with van der Waals surface area (Å²) in [5.74, 6) is 0.607. The van der Waals surface area contributed by atoms with Gasteiger partial charge < -0.3 is 15.7 Å². The van der Waals surface area contributed by atoms with E-state index in [0.29, 0.717) is 34.4 Å². The topological polar surface area (TPSA) is 123 Å². The third-order valence-electron chi connectivity index (χ3n) is 5.99. The number of hydrogen-bond acceptors (Lipinski definition) is 7. The van der Waals surface area contributed by atoms with Gasteiger partial charge in [-0.15, -0.1) is 0 Å². The van der Waals surface area contributed by atoms with E-state index >= 15 is 0 Å². The van der Waals surface area contributed by atoms with Gasteiger partial charge in [-0.25, -0.2) is 14.6 Å². The molecule has 0 radical (unpaired) electrons. The average molecular weight is 563 g/mol. The highest BCUT2D eigenvalue weighted by Gasteiger charge is 2.40. The van der Waals surface area contributed by atoms with Crippen LogP contribution in [0.15, 0.2) is 85.5 Å². The van der Waals surface area contributed by atoms with E-state index in [-0.39, 0.29) is 12.2 Å². The Kier molecular flexibility index (Phi) is 7.79. The minimum atomic E-state index is -4.81. The predicted octanol–water partition coefficient (Wildman–Crippen LogP) is 4.50. The molecule has 0 aliphatic rings. The van der Waals surface area contributed by atoms with Crippen molar-refractivity contribution in [1.29, 1.82) is 0 Å². The van der Waals surface area contributed by atoms with Gasteiger partial charge in [-0.1, -0.05) is 30.3 Å². The van der Waals surface area contributed by atoms with Crippen LogP contribution in [-0.2, 0) is 12.6 Å². The molecule has 2 aromatic carbocycles. The second kappa shape index (κ2) is 11.6. The molecule has 3 N–H and O–H groups in total. The molecule has 0 aliphatic heterocycles. The van der Waals surface area contributed by atoms with Gasteiger partial charge in [0.05, 0.1) is 23.6 Å². The number of carbonyl (C=O) groups excluding carboxylic acids is 1. The number of benzene rings is 2. The minimum Gasteiger partial charge on any atom is -0.392 e. The van der Waals surface area contributed by atoms with E-state index in [1.54, 1.807) is 72.5 Å². The van der Waals surface area contributed by atoms with Gasteiger partial charge >= 0.3 is 6.18 Å². The van der Waals surface area contributed by atoms with Crippen molar-refractivity contribution in [3.63, 3.8) is 0 Å². The molecule has 0 saturated heterocycles. The molecule has 0 unspecified atom stereocenters. The highest BCUT2D eigenvalue weighted by atomic mass is 19.4. The Morgan fingerprint density at radius 3 is 2.61 bits per heavy atom. The number of amides is 1. The van der Waals surface area contributed by atoms with Crippen LogP contribution in [0.25, 0.3) is 11.5 Å². The van der Waals surface area contributed by atoms with Gasteiger partial charge in [-0.2, -0.15) is 23.3 Å². The van der Waals surface area contributed by atoms with Crippen LogP contribution in [0, 0.1) is 0 Å². The van der Waals surface area contributed by atoms with Crippen LogP contribution < -0.4 is 10.6 Å². The lowest BCUT2D eigenvalue weighted by molar-refractivity contribution is -0.143. The van der Waals surface area contributed by atoms with Crippen LogP contribution in [0.2, 0.25) is 0 Å². The first-order valence-corrected chi connectivity index (χ1v) is 12.6. The van der Waals surface area contributed by atoms with Crippen molar-refractivity contribution < 1.29 is 23.1 Å². The summed E-state index contributed by atoms with van der Waals surface area (Å²) >= 11 is 0. The van der Waals surface area contributed by atoms with Crippen molar-refractivity contribution in [3.8, 4) is 11.5 Å². The molecule has 5 aromatic rings. The first kappa shape index (κ1) is 27.5. The number of para-hydroxylation sites is 1. The first-order chi connectivity index (χ1) is 19.7. The Morgan fingerprint density at radius 1 is 1.05 bits per heavy atom. The van der Waals surface area contributed by atoms with Crippen molar-refractivity contribution >= 4 is 17.5 Å². The molecule has 10 nitrogen and oxygen atoms in total. The van der Waals surface area contributed by atoms with Gasteiger partial charge in [-0.3, -0.25) is 9.36 Å². The van der Waals surface area contributed by atoms with Crippen LogP contribution >= 0.6 is 0 Å². The van der Waals surface area contributed by atoms with E-state index in [9.17, 15) is 23.1 Å². The number of aliphatic hydroxyl groups is 1. The molecule has 41 heavy (non-hydrogen) atoms. The normalized spacial score (nSPS) is 12.2. The van der Waals surface area contributed by atoms with Crippen molar-refractivity contribution in [2.75, 3.05) is 17.2 Å². The summed E-state index contributed by atoms with van der Waals surface area (Å²) in [7, 11) is 0. The summed E-state index contributed by atoms with van der Waals surface area (Å²) in [5.41, 5.74) is -0.492. The van der Waals surface area contributed by atoms with Crippen LogP contribution in [-0.4, -0.2) is 53.0 Å². The van der Waals surface area contributed by atoms with E-state index in [4.69, 9.17) is 0 Å². The molecule has 5 rings (SSSR count). The Bertz CT molecular complexity index is 1650. The van der Waals surface area contributed by atoms with Gasteiger partial charge in [0.1, 0.15) is 11.6 Å². The maximum absolute atomic E-state index is 14.0. The fourth-order valence-corrected chi connectivity index (χ4v) is 4.17. The Labute approximate surface area is 232 Å². The van der Waals surface area contributed by atoms with Gasteiger partial charge in [0, 0.05) is 37.2 Å². The maximum atomic E-state index is 14.0. The van der Waals surface area contributed by atoms with Crippen molar-refractivity contribution in [3.05, 3.63) is 108 Å². The lowest BCUT2D eigenvalue weighted by Crippen LogP contribution is -2.20. The second-order valence-electron chi connectivity index (χ2n) is 9.17. The van der Waals surface area contributed by atoms with Gasteiger partial charge in [0.25, 0.3) is 5.91 Å². The SMILES string of the molecule is C[C@H](O)CNc1nccc(-n2ccnc2Cc2cccc(NC(=O)c3cnn(-c4ccccc4)c3C(F)(F)F)c2)n1. The summed E-state index contributed by atoms with van der Waals surface area (Å²) in [6, 6.07) is 16.3. The molecule has 210 valence electrons. The third-order valence-corrected chi connectivity index (χ3v) is 5.99. The third kappa shape index (κ3) is 6.41. The number of carbonyl (C=O) groups is 1. The number of halogens is 3. The molecule has 1 amide bonds. The zero-order chi connectivity index (χ0) is 29.0. The number of aromatic nitrogens is 6. The predicted molar refractivity (Wildman–Crippen MR) is 145 cm³/mol. The second-order valence-corrected chi connectivity index (χ2v) is 9.17. The number of aliphatic hydroxyl groups excluding tert-OH is 1. The standard InChI is InChI=1S/C28H25F3N8O2/c1-18(40)16-34-27-33-11-10-23(37-27)38-13-12-32-24(38)15-19-6-5-7-20(14-19)36-26(41)22-17-35-39(25(22)28(29,30)31)21-8-3-2-4-9-21/h2-14,17-18,40H,15-16H2,1H3,(H,36,41)(H,33,34,37)/t18-/m0/s1. The molecule has 0 saturated carbocycles. The number of imidazole rings is 1. The highest BCUT2D eigenvalue weighted by molar-refractivity contribution is 6.05. The number of alkyl halides is 3. The van der Waals surface area contributed by atoms with E-state index in [0.717, 1.165) is 11.8 Å². The highest BCUT2D eigenvalue weighted by Crippen LogP contribution is 2.34.